The van der Waals surface area contributed by atoms with E-state index in [1.807, 2.05) is 0 Å². The topological polar surface area (TPSA) is 82.1 Å². The van der Waals surface area contributed by atoms with Crippen LogP contribution >= 0.6 is 0 Å². The van der Waals surface area contributed by atoms with Crippen molar-refractivity contribution in [2.45, 2.75) is 84.9 Å². The lowest BCUT2D eigenvalue weighted by molar-refractivity contribution is -0.215. The van der Waals surface area contributed by atoms with Crippen LogP contribution in [0.5, 0.6) is 0 Å². The smallest absolute Gasteiger partial charge is 0.304 e. The second-order valence-corrected chi connectivity index (χ2v) is 9.56. The molecule has 0 spiro atoms. The van der Waals surface area contributed by atoms with Crippen LogP contribution in [0.4, 0.5) is 0 Å². The molecule has 0 radical (unpaired) electrons. The van der Waals surface area contributed by atoms with E-state index in [9.17, 15) is 14.7 Å². The van der Waals surface area contributed by atoms with Gasteiger partial charge in [0.25, 0.3) is 0 Å². The molecule has 2 aliphatic carbocycles. The van der Waals surface area contributed by atoms with E-state index in [0.717, 1.165) is 12.8 Å². The van der Waals surface area contributed by atoms with Gasteiger partial charge in [-0.1, -0.05) is 32.9 Å². The molecule has 0 amide bonds. The fourth-order valence-electron chi connectivity index (χ4n) is 5.39. The van der Waals surface area contributed by atoms with Gasteiger partial charge in [0.1, 0.15) is 0 Å². The van der Waals surface area contributed by atoms with Gasteiger partial charge in [0.15, 0.2) is 0 Å². The van der Waals surface area contributed by atoms with E-state index in [1.54, 1.807) is 0 Å². The number of hydrogen-bond acceptors (Lipinski definition) is 6. The molecule has 1 unspecified atom stereocenters. The minimum Gasteiger partial charge on any atom is -0.435 e. The summed E-state index contributed by atoms with van der Waals surface area (Å²) in [6.45, 7) is 9.24. The standard InChI is InChI=1S/C21H32O6/c1-13(22)25-17-15-7-10-21(24,11-16(15)18(27-17)26-14(2)23)20(5)9-6-8-19(3,4)12-20/h6,9,15-18,24H,7-8,10-12H2,1-5H3/t15-,16+,17-,18+,20?,21-/m1/s1. The van der Waals surface area contributed by atoms with Crippen LogP contribution in [-0.2, 0) is 23.8 Å². The quantitative estimate of drug-likeness (QED) is 0.597. The first-order chi connectivity index (χ1) is 12.4. The molecule has 27 heavy (non-hydrogen) atoms. The highest BCUT2D eigenvalue weighted by Gasteiger charge is 2.59. The third-order valence-corrected chi connectivity index (χ3v) is 6.61. The average Bonchev–Trinajstić information content (AvgIpc) is 2.81. The average molecular weight is 380 g/mol. The lowest BCUT2D eigenvalue weighted by Gasteiger charge is -2.53. The minimum absolute atomic E-state index is 0.0808. The van der Waals surface area contributed by atoms with E-state index in [2.05, 4.69) is 32.9 Å². The summed E-state index contributed by atoms with van der Waals surface area (Å²) in [5.41, 5.74) is -1.16. The second kappa shape index (κ2) is 6.89. The first kappa shape index (κ1) is 20.3. The Hall–Kier alpha value is -1.40. The van der Waals surface area contributed by atoms with Crippen LogP contribution in [-0.4, -0.2) is 35.2 Å². The third-order valence-electron chi connectivity index (χ3n) is 6.61. The van der Waals surface area contributed by atoms with Crippen molar-refractivity contribution < 1.29 is 28.9 Å². The summed E-state index contributed by atoms with van der Waals surface area (Å²) in [7, 11) is 0. The molecular formula is C21H32O6. The van der Waals surface area contributed by atoms with Crippen molar-refractivity contribution in [3.63, 3.8) is 0 Å². The number of carbonyl (C=O) groups is 2. The van der Waals surface area contributed by atoms with Crippen LogP contribution < -0.4 is 0 Å². The zero-order valence-corrected chi connectivity index (χ0v) is 17.0. The predicted molar refractivity (Wildman–Crippen MR) is 98.2 cm³/mol. The third kappa shape index (κ3) is 3.92. The van der Waals surface area contributed by atoms with Crippen molar-refractivity contribution in [2.75, 3.05) is 0 Å². The number of aliphatic hydroxyl groups is 1. The van der Waals surface area contributed by atoms with Crippen molar-refractivity contribution in [3.8, 4) is 0 Å². The highest BCUT2D eigenvalue weighted by Crippen LogP contribution is 2.57. The number of fused-ring (bicyclic) bond motifs is 1. The summed E-state index contributed by atoms with van der Waals surface area (Å²) >= 11 is 0. The van der Waals surface area contributed by atoms with E-state index < -0.39 is 30.1 Å². The van der Waals surface area contributed by atoms with Crippen molar-refractivity contribution in [2.24, 2.45) is 22.7 Å². The molecule has 3 aliphatic rings. The molecule has 6 nitrogen and oxygen atoms in total. The number of allylic oxidation sites excluding steroid dienone is 1. The molecule has 6 heteroatoms. The van der Waals surface area contributed by atoms with Crippen LogP contribution in [0.25, 0.3) is 0 Å². The Morgan fingerprint density at radius 3 is 2.22 bits per heavy atom. The first-order valence-electron chi connectivity index (χ1n) is 9.85. The molecule has 0 aromatic heterocycles. The van der Waals surface area contributed by atoms with Gasteiger partial charge in [0.05, 0.1) is 5.60 Å². The van der Waals surface area contributed by atoms with Gasteiger partial charge in [-0.15, -0.1) is 0 Å². The zero-order chi connectivity index (χ0) is 20.0. The Kier molecular flexibility index (Phi) is 5.19. The van der Waals surface area contributed by atoms with Crippen LogP contribution in [0.15, 0.2) is 12.2 Å². The molecular weight excluding hydrogens is 348 g/mol. The Labute approximate surface area is 161 Å². The van der Waals surface area contributed by atoms with Crippen molar-refractivity contribution in [1.82, 2.24) is 0 Å². The van der Waals surface area contributed by atoms with Crippen LogP contribution in [0.3, 0.4) is 0 Å². The number of ether oxygens (including phenoxy) is 3. The first-order valence-corrected chi connectivity index (χ1v) is 9.85. The number of rotatable bonds is 3. The van der Waals surface area contributed by atoms with Gasteiger partial charge in [-0.2, -0.15) is 0 Å². The van der Waals surface area contributed by atoms with E-state index >= 15 is 0 Å². The summed E-state index contributed by atoms with van der Waals surface area (Å²) in [5, 5.41) is 11.7. The second-order valence-electron chi connectivity index (χ2n) is 9.56. The molecule has 0 aromatic carbocycles. The normalized spacial score (nSPS) is 43.0. The maximum absolute atomic E-state index is 11.7. The maximum Gasteiger partial charge on any atom is 0.304 e. The summed E-state index contributed by atoms with van der Waals surface area (Å²) in [6, 6.07) is 0. The van der Waals surface area contributed by atoms with E-state index in [-0.39, 0.29) is 22.7 Å². The van der Waals surface area contributed by atoms with E-state index in [0.29, 0.717) is 19.3 Å². The Bertz CT molecular complexity index is 641. The number of hydrogen-bond donors (Lipinski definition) is 1. The Balaban J connectivity index is 1.85. The van der Waals surface area contributed by atoms with Gasteiger partial charge >= 0.3 is 11.9 Å². The predicted octanol–water partition coefficient (Wildman–Crippen LogP) is 3.32. The summed E-state index contributed by atoms with van der Waals surface area (Å²) in [4.78, 5) is 23.0. The van der Waals surface area contributed by atoms with Gasteiger partial charge in [0, 0.05) is 31.1 Å². The van der Waals surface area contributed by atoms with Crippen LogP contribution in [0.1, 0.15) is 66.7 Å². The SMILES string of the molecule is CC(=O)O[C@H]1O[C@@H](OC(C)=O)[C@@H]2CC[C@](O)(C3(C)C=CCC(C)(C)C3)C[C@H]12. The van der Waals surface area contributed by atoms with E-state index in [4.69, 9.17) is 14.2 Å². The van der Waals surface area contributed by atoms with Gasteiger partial charge in [-0.3, -0.25) is 9.59 Å². The maximum atomic E-state index is 11.7. The molecule has 1 saturated carbocycles. The van der Waals surface area contributed by atoms with Gasteiger partial charge in [0.2, 0.25) is 12.6 Å². The largest absolute Gasteiger partial charge is 0.435 e. The molecule has 6 atom stereocenters. The van der Waals surface area contributed by atoms with Gasteiger partial charge < -0.3 is 19.3 Å². The van der Waals surface area contributed by atoms with E-state index in [1.165, 1.54) is 13.8 Å². The molecule has 1 heterocycles. The highest BCUT2D eigenvalue weighted by atomic mass is 16.8. The molecule has 0 aromatic rings. The Morgan fingerprint density at radius 1 is 1.07 bits per heavy atom. The molecule has 152 valence electrons. The molecule has 1 saturated heterocycles. The fourth-order valence-corrected chi connectivity index (χ4v) is 5.39. The van der Waals surface area contributed by atoms with Gasteiger partial charge in [-0.25, -0.2) is 0 Å². The summed E-state index contributed by atoms with van der Waals surface area (Å²) in [6.07, 6.45) is 6.38. The monoisotopic (exact) mass is 380 g/mol. The number of esters is 2. The summed E-state index contributed by atoms with van der Waals surface area (Å²) < 4.78 is 16.5. The fraction of sp³-hybridized carbons (Fsp3) is 0.810. The van der Waals surface area contributed by atoms with Gasteiger partial charge in [-0.05, 0) is 37.5 Å². The molecule has 0 bridgehead atoms. The van der Waals surface area contributed by atoms with Crippen LogP contribution in [0.2, 0.25) is 0 Å². The van der Waals surface area contributed by atoms with Crippen molar-refractivity contribution >= 4 is 11.9 Å². The highest BCUT2D eigenvalue weighted by molar-refractivity contribution is 5.66. The lowest BCUT2D eigenvalue weighted by Crippen LogP contribution is -2.54. The van der Waals surface area contributed by atoms with Crippen LogP contribution in [0, 0.1) is 22.7 Å². The molecule has 2 fully saturated rings. The number of carbonyl (C=O) groups excluding carboxylic acids is 2. The lowest BCUT2D eigenvalue weighted by atomic mass is 9.55. The molecule has 1 aliphatic heterocycles. The molecule has 1 N–H and O–H groups in total. The van der Waals surface area contributed by atoms with Crippen molar-refractivity contribution in [3.05, 3.63) is 12.2 Å². The Morgan fingerprint density at radius 2 is 1.67 bits per heavy atom. The molecule has 3 rings (SSSR count). The summed E-state index contributed by atoms with van der Waals surface area (Å²) in [5.74, 6) is -1.15. The van der Waals surface area contributed by atoms with Crippen molar-refractivity contribution in [1.29, 1.82) is 0 Å². The minimum atomic E-state index is -0.921. The zero-order valence-electron chi connectivity index (χ0n) is 17.0.